The Morgan fingerprint density at radius 2 is 1.71 bits per heavy atom. The quantitative estimate of drug-likeness (QED) is 0.760. The standard InChI is InChI=1S/C23H31N3O2/c1-6-26(15-20-12-8-7-9-13-20)23(28)19(4)25(5)16-22(27)24-21-14-10-11-17(2)18(21)3/h7-14,19H,6,15-16H2,1-5H3,(H,24,27)/t19-/m1/s1. The van der Waals surface area contributed by atoms with Crippen molar-refractivity contribution < 1.29 is 9.59 Å². The minimum atomic E-state index is -0.381. The smallest absolute Gasteiger partial charge is 0.239 e. The van der Waals surface area contributed by atoms with Crippen LogP contribution in [-0.2, 0) is 16.1 Å². The Hall–Kier alpha value is -2.66. The van der Waals surface area contributed by atoms with Crippen LogP contribution in [0, 0.1) is 13.8 Å². The molecule has 0 saturated heterocycles. The lowest BCUT2D eigenvalue weighted by atomic mass is 10.1. The van der Waals surface area contributed by atoms with Crippen LogP contribution in [0.2, 0.25) is 0 Å². The molecule has 0 aliphatic carbocycles. The van der Waals surface area contributed by atoms with E-state index in [1.807, 2.05) is 88.2 Å². The lowest BCUT2D eigenvalue weighted by Gasteiger charge is -2.29. The van der Waals surface area contributed by atoms with E-state index in [1.165, 1.54) is 0 Å². The number of hydrogen-bond acceptors (Lipinski definition) is 3. The van der Waals surface area contributed by atoms with E-state index in [0.29, 0.717) is 13.1 Å². The zero-order chi connectivity index (χ0) is 20.7. The molecular weight excluding hydrogens is 350 g/mol. The number of amides is 2. The molecule has 0 aromatic heterocycles. The number of hydrogen-bond donors (Lipinski definition) is 1. The molecule has 2 aromatic carbocycles. The zero-order valence-electron chi connectivity index (χ0n) is 17.5. The fraction of sp³-hybridized carbons (Fsp3) is 0.391. The highest BCUT2D eigenvalue weighted by atomic mass is 16.2. The van der Waals surface area contributed by atoms with Crippen LogP contribution in [0.25, 0.3) is 0 Å². The Balaban J connectivity index is 1.96. The van der Waals surface area contributed by atoms with Gasteiger partial charge in [0.05, 0.1) is 12.6 Å². The van der Waals surface area contributed by atoms with E-state index in [-0.39, 0.29) is 24.4 Å². The molecule has 0 heterocycles. The lowest BCUT2D eigenvalue weighted by Crippen LogP contribution is -2.47. The van der Waals surface area contributed by atoms with E-state index in [9.17, 15) is 9.59 Å². The monoisotopic (exact) mass is 381 g/mol. The van der Waals surface area contributed by atoms with Crippen LogP contribution in [0.1, 0.15) is 30.5 Å². The number of nitrogens with one attached hydrogen (secondary N) is 1. The molecule has 2 amide bonds. The largest absolute Gasteiger partial charge is 0.337 e. The molecule has 0 radical (unpaired) electrons. The summed E-state index contributed by atoms with van der Waals surface area (Å²) in [5.74, 6) is -0.102. The average Bonchev–Trinajstić information content (AvgIpc) is 2.69. The molecule has 1 N–H and O–H groups in total. The van der Waals surface area contributed by atoms with Crippen LogP contribution in [-0.4, -0.2) is 47.8 Å². The lowest BCUT2D eigenvalue weighted by molar-refractivity contribution is -0.136. The number of carbonyl (C=O) groups excluding carboxylic acids is 2. The SMILES string of the molecule is CCN(Cc1ccccc1)C(=O)[C@@H](C)N(C)CC(=O)Nc1cccc(C)c1C. The van der Waals surface area contributed by atoms with Crippen LogP contribution >= 0.6 is 0 Å². The van der Waals surface area contributed by atoms with Gasteiger partial charge in [-0.05, 0) is 57.5 Å². The van der Waals surface area contributed by atoms with Crippen molar-refractivity contribution in [3.8, 4) is 0 Å². The van der Waals surface area contributed by atoms with Gasteiger partial charge in [0.1, 0.15) is 0 Å². The summed E-state index contributed by atoms with van der Waals surface area (Å²) in [6.07, 6.45) is 0. The fourth-order valence-corrected chi connectivity index (χ4v) is 3.04. The highest BCUT2D eigenvalue weighted by molar-refractivity contribution is 5.93. The summed E-state index contributed by atoms with van der Waals surface area (Å²) in [6, 6.07) is 15.4. The molecule has 5 heteroatoms. The molecule has 1 atom stereocenters. The molecule has 2 rings (SSSR count). The molecule has 150 valence electrons. The summed E-state index contributed by atoms with van der Waals surface area (Å²) < 4.78 is 0. The third-order valence-electron chi connectivity index (χ3n) is 5.20. The summed E-state index contributed by atoms with van der Waals surface area (Å²) >= 11 is 0. The Morgan fingerprint density at radius 3 is 2.36 bits per heavy atom. The van der Waals surface area contributed by atoms with Crippen molar-refractivity contribution in [1.29, 1.82) is 0 Å². The van der Waals surface area contributed by atoms with Crippen LogP contribution in [0.3, 0.4) is 0 Å². The maximum Gasteiger partial charge on any atom is 0.239 e. The summed E-state index contributed by atoms with van der Waals surface area (Å²) in [7, 11) is 1.81. The van der Waals surface area contributed by atoms with Crippen LogP contribution in [0.4, 0.5) is 5.69 Å². The van der Waals surface area contributed by atoms with Gasteiger partial charge in [0, 0.05) is 18.8 Å². The number of anilines is 1. The summed E-state index contributed by atoms with van der Waals surface area (Å²) in [4.78, 5) is 29.0. The summed E-state index contributed by atoms with van der Waals surface area (Å²) in [6.45, 7) is 9.18. The topological polar surface area (TPSA) is 52.7 Å². The molecule has 28 heavy (non-hydrogen) atoms. The van der Waals surface area contributed by atoms with E-state index in [2.05, 4.69) is 5.32 Å². The molecule has 5 nitrogen and oxygen atoms in total. The van der Waals surface area contributed by atoms with Gasteiger partial charge in [-0.2, -0.15) is 0 Å². The first-order valence-corrected chi connectivity index (χ1v) is 9.72. The zero-order valence-corrected chi connectivity index (χ0v) is 17.5. The van der Waals surface area contributed by atoms with Crippen LogP contribution in [0.5, 0.6) is 0 Å². The predicted octanol–water partition coefficient (Wildman–Crippen LogP) is 3.61. The molecular formula is C23H31N3O2. The Kier molecular flexibility index (Phi) is 7.76. The van der Waals surface area contributed by atoms with Crippen molar-refractivity contribution in [2.45, 2.75) is 40.3 Å². The fourth-order valence-electron chi connectivity index (χ4n) is 3.04. The van der Waals surface area contributed by atoms with E-state index in [0.717, 1.165) is 22.4 Å². The van der Waals surface area contributed by atoms with Gasteiger partial charge < -0.3 is 10.2 Å². The molecule has 0 unspecified atom stereocenters. The van der Waals surface area contributed by atoms with Crippen LogP contribution < -0.4 is 5.32 Å². The Morgan fingerprint density at radius 1 is 1.04 bits per heavy atom. The predicted molar refractivity (Wildman–Crippen MR) is 114 cm³/mol. The van der Waals surface area contributed by atoms with Crippen molar-refractivity contribution in [2.75, 3.05) is 25.5 Å². The highest BCUT2D eigenvalue weighted by Crippen LogP contribution is 2.18. The van der Waals surface area contributed by atoms with Gasteiger partial charge >= 0.3 is 0 Å². The van der Waals surface area contributed by atoms with Crippen LogP contribution in [0.15, 0.2) is 48.5 Å². The number of rotatable bonds is 8. The summed E-state index contributed by atoms with van der Waals surface area (Å²) in [5.41, 5.74) is 4.11. The Bertz CT molecular complexity index is 805. The summed E-state index contributed by atoms with van der Waals surface area (Å²) in [5, 5.41) is 2.95. The molecule has 2 aromatic rings. The van der Waals surface area contributed by atoms with E-state index >= 15 is 0 Å². The van der Waals surface area contributed by atoms with Crippen molar-refractivity contribution in [3.05, 3.63) is 65.2 Å². The van der Waals surface area contributed by atoms with Crippen molar-refractivity contribution >= 4 is 17.5 Å². The average molecular weight is 382 g/mol. The minimum Gasteiger partial charge on any atom is -0.337 e. The van der Waals surface area contributed by atoms with E-state index in [1.54, 1.807) is 4.90 Å². The molecule has 0 spiro atoms. The first-order chi connectivity index (χ1) is 13.3. The first kappa shape index (κ1) is 21.6. The number of aryl methyl sites for hydroxylation is 1. The number of carbonyl (C=O) groups is 2. The second-order valence-corrected chi connectivity index (χ2v) is 7.22. The van der Waals surface area contributed by atoms with Gasteiger partial charge in [-0.25, -0.2) is 0 Å². The van der Waals surface area contributed by atoms with Gasteiger partial charge in [-0.1, -0.05) is 42.5 Å². The second kappa shape index (κ2) is 10.0. The van der Waals surface area contributed by atoms with Gasteiger partial charge in [0.25, 0.3) is 0 Å². The van der Waals surface area contributed by atoms with Crippen molar-refractivity contribution in [2.24, 2.45) is 0 Å². The number of likely N-dealkylation sites (N-methyl/N-ethyl adjacent to an activating group) is 2. The number of benzene rings is 2. The third-order valence-corrected chi connectivity index (χ3v) is 5.20. The van der Waals surface area contributed by atoms with Gasteiger partial charge in [0.2, 0.25) is 11.8 Å². The first-order valence-electron chi connectivity index (χ1n) is 9.72. The molecule has 0 aliphatic heterocycles. The number of nitrogens with zero attached hydrogens (tertiary/aromatic N) is 2. The molecule has 0 aliphatic rings. The Labute approximate surface area is 168 Å². The molecule has 0 saturated carbocycles. The normalized spacial score (nSPS) is 11.9. The molecule has 0 bridgehead atoms. The maximum absolute atomic E-state index is 12.9. The second-order valence-electron chi connectivity index (χ2n) is 7.22. The molecule has 0 fully saturated rings. The van der Waals surface area contributed by atoms with E-state index < -0.39 is 0 Å². The highest BCUT2D eigenvalue weighted by Gasteiger charge is 2.24. The van der Waals surface area contributed by atoms with Gasteiger partial charge in [0.15, 0.2) is 0 Å². The maximum atomic E-state index is 12.9. The third kappa shape index (κ3) is 5.67. The van der Waals surface area contributed by atoms with Crippen molar-refractivity contribution in [3.63, 3.8) is 0 Å². The van der Waals surface area contributed by atoms with Gasteiger partial charge in [-0.15, -0.1) is 0 Å². The van der Waals surface area contributed by atoms with Gasteiger partial charge in [-0.3, -0.25) is 14.5 Å². The minimum absolute atomic E-state index is 0.0217. The van der Waals surface area contributed by atoms with E-state index in [4.69, 9.17) is 0 Å². The van der Waals surface area contributed by atoms with Crippen molar-refractivity contribution in [1.82, 2.24) is 9.80 Å².